The highest BCUT2D eigenvalue weighted by molar-refractivity contribution is 7.86. The van der Waals surface area contributed by atoms with E-state index < -0.39 is 43.4 Å². The average molecular weight is 771 g/mol. The number of carboxylic acid groups (broad SMARTS) is 2. The number of nitrogens with zero attached hydrogens (tertiary/aromatic N) is 4. The molecule has 2 fully saturated rings. The van der Waals surface area contributed by atoms with Gasteiger partial charge in [0.15, 0.2) is 0 Å². The second-order valence-corrected chi connectivity index (χ2v) is 16.3. The zero-order valence-electron chi connectivity index (χ0n) is 29.7. The number of carbonyl (C=O) groups excluding carboxylic acids is 2. The maximum Gasteiger partial charge on any atom is 0.414 e. The monoisotopic (exact) mass is 770 g/mol. The smallest absolute Gasteiger partial charge is 0.414 e. The van der Waals surface area contributed by atoms with Crippen LogP contribution in [0, 0.1) is 0 Å². The lowest BCUT2D eigenvalue weighted by atomic mass is 10.2. The van der Waals surface area contributed by atoms with E-state index in [1.807, 2.05) is 41.5 Å². The van der Waals surface area contributed by atoms with Crippen molar-refractivity contribution < 1.29 is 64.1 Å². The minimum absolute atomic E-state index is 0. The van der Waals surface area contributed by atoms with E-state index >= 15 is 0 Å². The molecule has 0 spiro atoms. The molecule has 2 rings (SSSR count). The Morgan fingerprint density at radius 2 is 0.837 bits per heavy atom. The van der Waals surface area contributed by atoms with Gasteiger partial charge in [0.25, 0.3) is 20.2 Å². The number of carboxylic acids is 2. The Hall–Kier alpha value is -2.49. The summed E-state index contributed by atoms with van der Waals surface area (Å²) >= 11 is 0. The van der Waals surface area contributed by atoms with Crippen molar-refractivity contribution in [3.05, 3.63) is 0 Å². The van der Waals surface area contributed by atoms with Crippen LogP contribution in [0.4, 0.5) is 9.59 Å². The first-order chi connectivity index (χ1) is 21.8. The molecular weight excluding hydrogens is 716 g/mol. The van der Waals surface area contributed by atoms with E-state index in [1.54, 1.807) is 9.80 Å². The van der Waals surface area contributed by atoms with Crippen molar-refractivity contribution in [2.75, 3.05) is 91.2 Å². The third-order valence-corrected chi connectivity index (χ3v) is 7.25. The van der Waals surface area contributed by atoms with Crippen LogP contribution in [-0.4, -0.2) is 173 Å². The Bertz CT molecular complexity index is 1140. The summed E-state index contributed by atoms with van der Waals surface area (Å²) in [5, 5.41) is 14.8. The zero-order chi connectivity index (χ0) is 37.3. The SMILES string of the molecule is CC(C)(C)OC(=O)N1CCN(CCCOS(C)(=O)=O)CC1.CC(C)(C)OC(=O)N1CCN(CCCOS(C)(=O)=O)CC1.Cl.O=C(O)C(=O)O. The molecule has 0 aromatic carbocycles. The fourth-order valence-electron chi connectivity index (χ4n) is 3.96. The lowest BCUT2D eigenvalue weighted by Gasteiger charge is -2.35. The van der Waals surface area contributed by atoms with E-state index in [0.717, 1.165) is 51.8 Å². The minimum atomic E-state index is -3.35. The van der Waals surface area contributed by atoms with Gasteiger partial charge >= 0.3 is 24.1 Å². The molecule has 290 valence electrons. The van der Waals surface area contributed by atoms with Crippen molar-refractivity contribution in [2.24, 2.45) is 0 Å². The van der Waals surface area contributed by atoms with Crippen LogP contribution in [0.5, 0.6) is 0 Å². The normalized spacial score (nSPS) is 16.2. The predicted molar refractivity (Wildman–Crippen MR) is 182 cm³/mol. The topological polar surface area (TPSA) is 227 Å². The number of rotatable bonds is 10. The van der Waals surface area contributed by atoms with Gasteiger partial charge in [-0.15, -0.1) is 12.4 Å². The Kier molecular flexibility index (Phi) is 22.2. The lowest BCUT2D eigenvalue weighted by Crippen LogP contribution is -2.50. The van der Waals surface area contributed by atoms with Gasteiger partial charge < -0.3 is 29.5 Å². The molecule has 49 heavy (non-hydrogen) atoms. The zero-order valence-corrected chi connectivity index (χ0v) is 32.2. The van der Waals surface area contributed by atoms with Crippen LogP contribution >= 0.6 is 12.4 Å². The van der Waals surface area contributed by atoms with E-state index in [1.165, 1.54) is 0 Å². The molecule has 18 nitrogen and oxygen atoms in total. The highest BCUT2D eigenvalue weighted by Gasteiger charge is 2.27. The van der Waals surface area contributed by atoms with Crippen molar-refractivity contribution in [3.8, 4) is 0 Å². The number of aliphatic carboxylic acids is 2. The van der Waals surface area contributed by atoms with E-state index in [0.29, 0.717) is 39.0 Å². The van der Waals surface area contributed by atoms with Gasteiger partial charge in [0.05, 0.1) is 25.7 Å². The van der Waals surface area contributed by atoms with Crippen LogP contribution in [-0.2, 0) is 47.7 Å². The van der Waals surface area contributed by atoms with E-state index in [2.05, 4.69) is 9.80 Å². The number of piperazine rings is 2. The summed E-state index contributed by atoms with van der Waals surface area (Å²) in [6.07, 6.45) is 2.85. The van der Waals surface area contributed by atoms with Crippen LogP contribution in [0.2, 0.25) is 0 Å². The summed E-state index contributed by atoms with van der Waals surface area (Å²) in [6.45, 7) is 18.6. The van der Waals surface area contributed by atoms with E-state index in [-0.39, 0.29) is 37.8 Å². The molecule has 2 heterocycles. The molecule has 0 aromatic rings. The Labute approximate surface area is 296 Å². The molecule has 0 saturated carbocycles. The van der Waals surface area contributed by atoms with Gasteiger partial charge in [-0.2, -0.15) is 16.8 Å². The molecule has 2 aliphatic heterocycles. The third-order valence-electron chi connectivity index (χ3n) is 6.06. The molecule has 2 N–H and O–H groups in total. The Balaban J connectivity index is 0. The van der Waals surface area contributed by atoms with Crippen molar-refractivity contribution in [2.45, 2.75) is 65.6 Å². The fraction of sp³-hybridized carbons (Fsp3) is 0.857. The van der Waals surface area contributed by atoms with E-state index in [4.69, 9.17) is 37.6 Å². The molecule has 0 unspecified atom stereocenters. The van der Waals surface area contributed by atoms with Crippen molar-refractivity contribution in [3.63, 3.8) is 0 Å². The molecule has 0 aromatic heterocycles. The number of hydrogen-bond donors (Lipinski definition) is 2. The van der Waals surface area contributed by atoms with Crippen LogP contribution in [0.1, 0.15) is 54.4 Å². The van der Waals surface area contributed by atoms with Crippen molar-refractivity contribution in [1.29, 1.82) is 0 Å². The molecule has 2 amide bonds. The van der Waals surface area contributed by atoms with Gasteiger partial charge in [0.2, 0.25) is 0 Å². The predicted octanol–water partition coefficient (Wildman–Crippen LogP) is 1.39. The maximum absolute atomic E-state index is 11.9. The van der Waals surface area contributed by atoms with Gasteiger partial charge in [-0.1, -0.05) is 0 Å². The molecule has 2 saturated heterocycles. The van der Waals surface area contributed by atoms with Crippen LogP contribution in [0.15, 0.2) is 0 Å². The average Bonchev–Trinajstić information content (AvgIpc) is 2.92. The first kappa shape index (κ1) is 48.6. The molecule has 0 aliphatic carbocycles. The van der Waals surface area contributed by atoms with E-state index in [9.17, 15) is 26.4 Å². The third kappa shape index (κ3) is 28.0. The van der Waals surface area contributed by atoms with Gasteiger partial charge in [0.1, 0.15) is 11.2 Å². The summed E-state index contributed by atoms with van der Waals surface area (Å²) in [6, 6.07) is 0. The van der Waals surface area contributed by atoms with Gasteiger partial charge in [-0.3, -0.25) is 18.2 Å². The second kappa shape index (κ2) is 22.4. The summed E-state index contributed by atoms with van der Waals surface area (Å²) in [7, 11) is -6.70. The lowest BCUT2D eigenvalue weighted by molar-refractivity contribution is -0.159. The molecule has 21 heteroatoms. The van der Waals surface area contributed by atoms with Crippen molar-refractivity contribution >= 4 is 56.8 Å². The summed E-state index contributed by atoms with van der Waals surface area (Å²) in [5.74, 6) is -3.65. The number of ether oxygens (including phenoxy) is 2. The molecule has 0 atom stereocenters. The Morgan fingerprint density at radius 3 is 1.04 bits per heavy atom. The largest absolute Gasteiger partial charge is 0.473 e. The first-order valence-electron chi connectivity index (χ1n) is 15.3. The summed E-state index contributed by atoms with van der Waals surface area (Å²) in [5.41, 5.74) is -0.950. The molecule has 0 radical (unpaired) electrons. The molecular formula is C28H55ClN4O14S2. The Morgan fingerprint density at radius 1 is 0.571 bits per heavy atom. The summed E-state index contributed by atoms with van der Waals surface area (Å²) < 4.78 is 63.3. The highest BCUT2D eigenvalue weighted by Crippen LogP contribution is 2.13. The van der Waals surface area contributed by atoms with Crippen LogP contribution in [0.3, 0.4) is 0 Å². The van der Waals surface area contributed by atoms with Crippen LogP contribution in [0.25, 0.3) is 0 Å². The fourth-order valence-corrected chi connectivity index (χ4v) is 4.80. The quantitative estimate of drug-likeness (QED) is 0.182. The van der Waals surface area contributed by atoms with Gasteiger partial charge in [0, 0.05) is 65.4 Å². The second-order valence-electron chi connectivity index (χ2n) is 13.0. The highest BCUT2D eigenvalue weighted by atomic mass is 35.5. The number of hydrogen-bond acceptors (Lipinski definition) is 14. The van der Waals surface area contributed by atoms with Crippen LogP contribution < -0.4 is 0 Å². The van der Waals surface area contributed by atoms with Crippen molar-refractivity contribution in [1.82, 2.24) is 19.6 Å². The maximum atomic E-state index is 11.9. The number of carbonyl (C=O) groups is 4. The molecule has 2 aliphatic rings. The number of halogens is 1. The first-order valence-corrected chi connectivity index (χ1v) is 19.0. The van der Waals surface area contributed by atoms with Gasteiger partial charge in [-0.05, 0) is 54.4 Å². The van der Waals surface area contributed by atoms with Gasteiger partial charge in [-0.25, -0.2) is 19.2 Å². The standard InChI is InChI=1S/2C13H26N2O5S.C2H2O4.ClH/c2*1-13(2,3)20-12(16)15-9-7-14(8-10-15)6-5-11-19-21(4,17)18;3-1(4)2(5)6;/h2*5-11H2,1-4H3;(H,3,4)(H,5,6);1H. The molecule has 0 bridgehead atoms. The summed E-state index contributed by atoms with van der Waals surface area (Å²) in [4.78, 5) is 49.8. The number of amides is 2. The minimum Gasteiger partial charge on any atom is -0.473 e.